The minimum atomic E-state index is -0.130. The number of carbonyl (C=O) groups is 1. The first-order chi connectivity index (χ1) is 12.2. The molecular weight excluding hydrogens is 320 g/mol. The lowest BCUT2D eigenvalue weighted by Crippen LogP contribution is -2.43. The number of nitrogens with zero attached hydrogens (tertiary/aromatic N) is 4. The summed E-state index contributed by atoms with van der Waals surface area (Å²) in [5.41, 5.74) is 2.66. The van der Waals surface area contributed by atoms with Crippen LogP contribution in [0.15, 0.2) is 16.8 Å². The number of hydrogen-bond acceptors (Lipinski definition) is 5. The molecule has 2 aromatic heterocycles. The Bertz CT molecular complexity index is 749. The van der Waals surface area contributed by atoms with Crippen molar-refractivity contribution in [2.24, 2.45) is 5.92 Å². The van der Waals surface area contributed by atoms with E-state index in [9.17, 15) is 4.79 Å². The van der Waals surface area contributed by atoms with Crippen molar-refractivity contribution in [3.05, 3.63) is 35.0 Å². The van der Waals surface area contributed by atoms with E-state index >= 15 is 0 Å². The lowest BCUT2D eigenvalue weighted by Gasteiger charge is -2.35. The second-order valence-corrected chi connectivity index (χ2v) is 6.94. The van der Waals surface area contributed by atoms with Gasteiger partial charge in [0.1, 0.15) is 5.76 Å². The second-order valence-electron chi connectivity index (χ2n) is 6.94. The largest absolute Gasteiger partial charge is 0.379 e. The lowest BCUT2D eigenvalue weighted by atomic mass is 9.99. The van der Waals surface area contributed by atoms with Crippen LogP contribution in [0.3, 0.4) is 0 Å². The Morgan fingerprint density at radius 3 is 2.92 bits per heavy atom. The number of ether oxygens (including phenoxy) is 1. The van der Waals surface area contributed by atoms with E-state index < -0.39 is 0 Å². The van der Waals surface area contributed by atoms with Gasteiger partial charge in [0.25, 0.3) is 5.91 Å². The molecule has 0 unspecified atom stereocenters. The number of hydrogen-bond donors (Lipinski definition) is 0. The SMILES string of the molecule is CCn1ncc2c1[C@H](COCC1CC1)N(C(=O)c1cc(C)on1)CC2. The molecule has 4 rings (SSSR count). The van der Waals surface area contributed by atoms with Gasteiger partial charge in [-0.2, -0.15) is 5.10 Å². The molecule has 0 radical (unpaired) electrons. The van der Waals surface area contributed by atoms with Gasteiger partial charge in [-0.15, -0.1) is 0 Å². The van der Waals surface area contributed by atoms with Crippen LogP contribution >= 0.6 is 0 Å². The minimum absolute atomic E-state index is 0.105. The molecule has 25 heavy (non-hydrogen) atoms. The van der Waals surface area contributed by atoms with E-state index in [1.54, 1.807) is 13.0 Å². The Morgan fingerprint density at radius 2 is 2.24 bits per heavy atom. The Kier molecular flexibility index (Phi) is 4.33. The van der Waals surface area contributed by atoms with Gasteiger partial charge in [-0.1, -0.05) is 5.16 Å². The zero-order valence-corrected chi connectivity index (χ0v) is 14.8. The molecule has 0 aromatic carbocycles. The average molecular weight is 344 g/mol. The molecule has 7 heteroatoms. The van der Waals surface area contributed by atoms with E-state index in [1.807, 2.05) is 15.8 Å². The van der Waals surface area contributed by atoms with Crippen molar-refractivity contribution in [3.8, 4) is 0 Å². The van der Waals surface area contributed by atoms with Gasteiger partial charge in [-0.3, -0.25) is 9.48 Å². The number of fused-ring (bicyclic) bond motifs is 1. The van der Waals surface area contributed by atoms with Gasteiger partial charge >= 0.3 is 0 Å². The molecule has 2 aromatic rings. The van der Waals surface area contributed by atoms with Gasteiger partial charge in [-0.25, -0.2) is 0 Å². The third-order valence-corrected chi connectivity index (χ3v) is 5.01. The van der Waals surface area contributed by atoms with Gasteiger partial charge in [0, 0.05) is 25.8 Å². The topological polar surface area (TPSA) is 73.4 Å². The molecule has 1 fully saturated rings. The lowest BCUT2D eigenvalue weighted by molar-refractivity contribution is 0.0339. The van der Waals surface area contributed by atoms with Crippen molar-refractivity contribution in [1.82, 2.24) is 19.8 Å². The van der Waals surface area contributed by atoms with Crippen LogP contribution < -0.4 is 0 Å². The number of aromatic nitrogens is 3. The van der Waals surface area contributed by atoms with E-state index in [2.05, 4.69) is 17.2 Å². The Balaban J connectivity index is 1.60. The number of amides is 1. The molecule has 134 valence electrons. The highest BCUT2D eigenvalue weighted by molar-refractivity contribution is 5.92. The molecule has 7 nitrogen and oxygen atoms in total. The van der Waals surface area contributed by atoms with E-state index in [0.717, 1.165) is 25.3 Å². The molecule has 0 N–H and O–H groups in total. The van der Waals surface area contributed by atoms with Crippen LogP contribution in [0.25, 0.3) is 0 Å². The number of aryl methyl sites for hydroxylation is 2. The van der Waals surface area contributed by atoms with Gasteiger partial charge in [0.05, 0.1) is 24.5 Å². The highest BCUT2D eigenvalue weighted by atomic mass is 16.5. The first-order valence-corrected chi connectivity index (χ1v) is 9.04. The summed E-state index contributed by atoms with van der Waals surface area (Å²) in [7, 11) is 0. The van der Waals surface area contributed by atoms with Crippen LogP contribution in [0.4, 0.5) is 0 Å². The summed E-state index contributed by atoms with van der Waals surface area (Å²) in [5, 5.41) is 8.38. The fourth-order valence-corrected chi connectivity index (χ4v) is 3.47. The maximum absolute atomic E-state index is 13.0. The van der Waals surface area contributed by atoms with Crippen LogP contribution in [0.5, 0.6) is 0 Å². The first-order valence-electron chi connectivity index (χ1n) is 9.04. The third-order valence-electron chi connectivity index (χ3n) is 5.01. The molecule has 1 atom stereocenters. The molecule has 0 bridgehead atoms. The van der Waals surface area contributed by atoms with Crippen LogP contribution in [0.1, 0.15) is 53.3 Å². The zero-order valence-electron chi connectivity index (χ0n) is 14.8. The normalized spacial score (nSPS) is 19.9. The standard InChI is InChI=1S/C18H24N4O3/c1-3-22-17-14(9-19-22)6-7-21(16(17)11-24-10-13-4-5-13)18(23)15-8-12(2)25-20-15/h8-9,13,16H,3-7,10-11H2,1-2H3/t16-/m0/s1. The molecule has 1 amide bonds. The van der Waals surface area contributed by atoms with Crippen molar-refractivity contribution >= 4 is 5.91 Å². The Hall–Kier alpha value is -2.15. The quantitative estimate of drug-likeness (QED) is 0.804. The summed E-state index contributed by atoms with van der Waals surface area (Å²) in [6.45, 7) is 6.55. The van der Waals surface area contributed by atoms with Gasteiger partial charge < -0.3 is 14.2 Å². The minimum Gasteiger partial charge on any atom is -0.379 e. The first kappa shape index (κ1) is 16.3. The molecule has 1 saturated carbocycles. The van der Waals surface area contributed by atoms with E-state index in [1.165, 1.54) is 18.4 Å². The number of rotatable bonds is 6. The Labute approximate surface area is 146 Å². The molecule has 3 heterocycles. The molecular formula is C18H24N4O3. The van der Waals surface area contributed by atoms with Crippen molar-refractivity contribution in [2.45, 2.75) is 45.7 Å². The molecule has 2 aliphatic rings. The molecule has 0 spiro atoms. The summed E-state index contributed by atoms with van der Waals surface area (Å²) in [5.74, 6) is 1.23. The van der Waals surface area contributed by atoms with Crippen molar-refractivity contribution in [3.63, 3.8) is 0 Å². The second kappa shape index (κ2) is 6.63. The van der Waals surface area contributed by atoms with Crippen molar-refractivity contribution in [2.75, 3.05) is 19.8 Å². The smallest absolute Gasteiger partial charge is 0.276 e. The fraction of sp³-hybridized carbons (Fsp3) is 0.611. The average Bonchev–Trinajstić information content (AvgIpc) is 3.17. The summed E-state index contributed by atoms with van der Waals surface area (Å²) in [6, 6.07) is 1.56. The molecule has 1 aliphatic heterocycles. The summed E-state index contributed by atoms with van der Waals surface area (Å²) in [6.07, 6.45) is 5.24. The third kappa shape index (κ3) is 3.20. The van der Waals surface area contributed by atoms with E-state index in [-0.39, 0.29) is 11.9 Å². The van der Waals surface area contributed by atoms with Crippen LogP contribution in [-0.4, -0.2) is 45.5 Å². The van der Waals surface area contributed by atoms with Gasteiger partial charge in [0.15, 0.2) is 5.69 Å². The van der Waals surface area contributed by atoms with Crippen LogP contribution in [0.2, 0.25) is 0 Å². The van der Waals surface area contributed by atoms with Crippen molar-refractivity contribution in [1.29, 1.82) is 0 Å². The highest BCUT2D eigenvalue weighted by Gasteiger charge is 2.36. The van der Waals surface area contributed by atoms with Crippen molar-refractivity contribution < 1.29 is 14.1 Å². The molecule has 1 aliphatic carbocycles. The maximum Gasteiger partial charge on any atom is 0.276 e. The Morgan fingerprint density at radius 1 is 1.40 bits per heavy atom. The summed E-state index contributed by atoms with van der Waals surface area (Å²) in [4.78, 5) is 14.8. The summed E-state index contributed by atoms with van der Waals surface area (Å²) < 4.78 is 13.0. The van der Waals surface area contributed by atoms with Crippen LogP contribution in [0, 0.1) is 12.8 Å². The maximum atomic E-state index is 13.0. The number of carbonyl (C=O) groups excluding carboxylic acids is 1. The van der Waals surface area contributed by atoms with Crippen LogP contribution in [-0.2, 0) is 17.7 Å². The van der Waals surface area contributed by atoms with Gasteiger partial charge in [0.2, 0.25) is 0 Å². The fourth-order valence-electron chi connectivity index (χ4n) is 3.47. The summed E-state index contributed by atoms with van der Waals surface area (Å²) >= 11 is 0. The highest BCUT2D eigenvalue weighted by Crippen LogP contribution is 2.33. The van der Waals surface area contributed by atoms with Gasteiger partial charge in [-0.05, 0) is 44.6 Å². The zero-order chi connectivity index (χ0) is 17.4. The van der Waals surface area contributed by atoms with E-state index in [4.69, 9.17) is 9.26 Å². The predicted octanol–water partition coefficient (Wildman–Crippen LogP) is 2.37. The monoisotopic (exact) mass is 344 g/mol. The van der Waals surface area contributed by atoms with E-state index in [0.29, 0.717) is 30.5 Å². The predicted molar refractivity (Wildman–Crippen MR) is 90.2 cm³/mol. The molecule has 0 saturated heterocycles.